The molecular formula is C9H12N2. The van der Waals surface area contributed by atoms with Crippen LogP contribution in [0.1, 0.15) is 12.5 Å². The highest BCUT2D eigenvalue weighted by molar-refractivity contribution is 5.64. The number of allylic oxidation sites excluding steroid dienone is 1. The van der Waals surface area contributed by atoms with Gasteiger partial charge in [-0.05, 0) is 13.0 Å². The first-order valence-electron chi connectivity index (χ1n) is 3.63. The Kier molecular flexibility index (Phi) is 2.66. The molecule has 0 radical (unpaired) electrons. The van der Waals surface area contributed by atoms with Gasteiger partial charge in [0.15, 0.2) is 0 Å². The number of pyridine rings is 1. The van der Waals surface area contributed by atoms with Crippen molar-refractivity contribution in [3.05, 3.63) is 30.1 Å². The van der Waals surface area contributed by atoms with E-state index >= 15 is 0 Å². The fourth-order valence-electron chi connectivity index (χ4n) is 0.939. The minimum atomic E-state index is 1.06. The summed E-state index contributed by atoms with van der Waals surface area (Å²) in [6, 6.07) is 1.98. The number of aromatic nitrogens is 1. The molecule has 11 heavy (non-hydrogen) atoms. The van der Waals surface area contributed by atoms with Crippen molar-refractivity contribution in [2.24, 2.45) is 0 Å². The van der Waals surface area contributed by atoms with E-state index in [1.807, 2.05) is 38.4 Å². The maximum atomic E-state index is 4.00. The average molecular weight is 148 g/mol. The molecule has 0 atom stereocenters. The van der Waals surface area contributed by atoms with Crippen molar-refractivity contribution in [3.63, 3.8) is 0 Å². The van der Waals surface area contributed by atoms with Gasteiger partial charge in [-0.25, -0.2) is 0 Å². The molecule has 0 aromatic carbocycles. The highest BCUT2D eigenvalue weighted by Crippen LogP contribution is 2.13. The molecule has 1 heterocycles. The monoisotopic (exact) mass is 148 g/mol. The molecule has 1 rings (SSSR count). The first kappa shape index (κ1) is 7.79. The second kappa shape index (κ2) is 3.76. The number of nitrogens with zero attached hydrogens (tertiary/aromatic N) is 1. The number of hydrogen-bond acceptors (Lipinski definition) is 2. The molecule has 0 aliphatic rings. The molecule has 2 nitrogen and oxygen atoms in total. The molecule has 1 N–H and O–H groups in total. The van der Waals surface area contributed by atoms with Crippen LogP contribution >= 0.6 is 0 Å². The summed E-state index contributed by atoms with van der Waals surface area (Å²) in [5, 5.41) is 3.07. The molecule has 1 aromatic rings. The van der Waals surface area contributed by atoms with E-state index in [0.717, 1.165) is 5.69 Å². The minimum Gasteiger partial charge on any atom is -0.386 e. The fourth-order valence-corrected chi connectivity index (χ4v) is 0.939. The number of anilines is 1. The normalized spacial score (nSPS) is 10.4. The van der Waals surface area contributed by atoms with Gasteiger partial charge in [-0.3, -0.25) is 4.98 Å². The van der Waals surface area contributed by atoms with Crippen LogP contribution in [0.15, 0.2) is 24.5 Å². The Hall–Kier alpha value is -1.31. The van der Waals surface area contributed by atoms with Crippen LogP contribution in [0.2, 0.25) is 0 Å². The second-order valence-corrected chi connectivity index (χ2v) is 2.21. The van der Waals surface area contributed by atoms with Crippen molar-refractivity contribution in [1.82, 2.24) is 4.98 Å². The largest absolute Gasteiger partial charge is 0.386 e. The summed E-state index contributed by atoms with van der Waals surface area (Å²) in [6.45, 7) is 2.00. The lowest BCUT2D eigenvalue weighted by Gasteiger charge is -2.02. The van der Waals surface area contributed by atoms with E-state index in [-0.39, 0.29) is 0 Å². The van der Waals surface area contributed by atoms with Crippen LogP contribution in [0, 0.1) is 0 Å². The minimum absolute atomic E-state index is 1.06. The standard InChI is InChI=1S/C9H12N2/c1-3-4-8-5-6-11-7-9(8)10-2/h3-7,10H,1-2H3/b4-3-. The van der Waals surface area contributed by atoms with Gasteiger partial charge in [0.1, 0.15) is 0 Å². The Labute approximate surface area is 67.0 Å². The van der Waals surface area contributed by atoms with Gasteiger partial charge >= 0.3 is 0 Å². The Balaban J connectivity index is 3.02. The summed E-state index contributed by atoms with van der Waals surface area (Å²) in [4.78, 5) is 4.00. The van der Waals surface area contributed by atoms with E-state index in [4.69, 9.17) is 0 Å². The summed E-state index contributed by atoms with van der Waals surface area (Å²) in [5.74, 6) is 0. The van der Waals surface area contributed by atoms with E-state index in [9.17, 15) is 0 Å². The predicted molar refractivity (Wildman–Crippen MR) is 48.5 cm³/mol. The van der Waals surface area contributed by atoms with Gasteiger partial charge in [-0.1, -0.05) is 12.2 Å². The number of rotatable bonds is 2. The highest BCUT2D eigenvalue weighted by Gasteiger charge is 1.93. The smallest absolute Gasteiger partial charge is 0.0597 e. The summed E-state index contributed by atoms with van der Waals surface area (Å²) in [5.41, 5.74) is 2.23. The maximum Gasteiger partial charge on any atom is 0.0597 e. The predicted octanol–water partition coefficient (Wildman–Crippen LogP) is 2.16. The molecule has 0 bridgehead atoms. The van der Waals surface area contributed by atoms with Crippen molar-refractivity contribution in [3.8, 4) is 0 Å². The van der Waals surface area contributed by atoms with E-state index in [1.165, 1.54) is 5.56 Å². The SMILES string of the molecule is C/C=C\c1ccncc1NC. The van der Waals surface area contributed by atoms with Gasteiger partial charge in [0.25, 0.3) is 0 Å². The first-order valence-corrected chi connectivity index (χ1v) is 3.63. The van der Waals surface area contributed by atoms with Crippen LogP contribution in [0.5, 0.6) is 0 Å². The third-order valence-corrected chi connectivity index (χ3v) is 1.47. The second-order valence-electron chi connectivity index (χ2n) is 2.21. The Bertz CT molecular complexity index is 253. The Morgan fingerprint density at radius 1 is 1.55 bits per heavy atom. The van der Waals surface area contributed by atoms with E-state index in [0.29, 0.717) is 0 Å². The Morgan fingerprint density at radius 2 is 2.36 bits per heavy atom. The van der Waals surface area contributed by atoms with E-state index < -0.39 is 0 Å². The molecule has 2 heteroatoms. The fraction of sp³-hybridized carbons (Fsp3) is 0.222. The molecule has 58 valence electrons. The lowest BCUT2D eigenvalue weighted by molar-refractivity contribution is 1.30. The van der Waals surface area contributed by atoms with Gasteiger partial charge in [0.05, 0.1) is 11.9 Å². The molecule has 0 amide bonds. The lowest BCUT2D eigenvalue weighted by Crippen LogP contribution is -1.91. The summed E-state index contributed by atoms with van der Waals surface area (Å²) in [6.07, 6.45) is 7.66. The van der Waals surface area contributed by atoms with Gasteiger partial charge in [0.2, 0.25) is 0 Å². The Morgan fingerprint density at radius 3 is 3.00 bits per heavy atom. The summed E-state index contributed by atoms with van der Waals surface area (Å²) in [7, 11) is 1.89. The molecule has 0 unspecified atom stereocenters. The van der Waals surface area contributed by atoms with Crippen molar-refractivity contribution < 1.29 is 0 Å². The lowest BCUT2D eigenvalue weighted by atomic mass is 10.2. The molecule has 0 aliphatic heterocycles. The van der Waals surface area contributed by atoms with Gasteiger partial charge < -0.3 is 5.32 Å². The average Bonchev–Trinajstić information content (AvgIpc) is 2.06. The van der Waals surface area contributed by atoms with E-state index in [2.05, 4.69) is 10.3 Å². The van der Waals surface area contributed by atoms with Crippen molar-refractivity contribution in [1.29, 1.82) is 0 Å². The maximum absolute atomic E-state index is 4.00. The summed E-state index contributed by atoms with van der Waals surface area (Å²) >= 11 is 0. The first-order chi connectivity index (χ1) is 5.38. The third kappa shape index (κ3) is 1.80. The van der Waals surface area contributed by atoms with Crippen LogP contribution in [0.3, 0.4) is 0 Å². The molecule has 1 aromatic heterocycles. The molecule has 0 aliphatic carbocycles. The topological polar surface area (TPSA) is 24.9 Å². The summed E-state index contributed by atoms with van der Waals surface area (Å²) < 4.78 is 0. The van der Waals surface area contributed by atoms with Gasteiger partial charge in [-0.15, -0.1) is 0 Å². The molecule has 0 spiro atoms. The molecule has 0 saturated heterocycles. The van der Waals surface area contributed by atoms with Crippen molar-refractivity contribution >= 4 is 11.8 Å². The van der Waals surface area contributed by atoms with Crippen LogP contribution in [0.4, 0.5) is 5.69 Å². The van der Waals surface area contributed by atoms with Crippen molar-refractivity contribution in [2.45, 2.75) is 6.92 Å². The quantitative estimate of drug-likeness (QED) is 0.695. The van der Waals surface area contributed by atoms with E-state index in [1.54, 1.807) is 6.20 Å². The zero-order chi connectivity index (χ0) is 8.10. The van der Waals surface area contributed by atoms with Crippen LogP contribution in [-0.2, 0) is 0 Å². The zero-order valence-corrected chi connectivity index (χ0v) is 6.83. The van der Waals surface area contributed by atoms with Gasteiger partial charge in [0, 0.05) is 18.8 Å². The zero-order valence-electron chi connectivity index (χ0n) is 6.83. The number of hydrogen-bond donors (Lipinski definition) is 1. The highest BCUT2D eigenvalue weighted by atomic mass is 14.8. The third-order valence-electron chi connectivity index (χ3n) is 1.47. The molecule has 0 fully saturated rings. The molecule has 0 saturated carbocycles. The van der Waals surface area contributed by atoms with Crippen LogP contribution < -0.4 is 5.32 Å². The van der Waals surface area contributed by atoms with Crippen LogP contribution in [0.25, 0.3) is 6.08 Å². The van der Waals surface area contributed by atoms with Gasteiger partial charge in [-0.2, -0.15) is 0 Å². The van der Waals surface area contributed by atoms with Crippen LogP contribution in [-0.4, -0.2) is 12.0 Å². The van der Waals surface area contributed by atoms with Crippen molar-refractivity contribution in [2.75, 3.05) is 12.4 Å². The molecular weight excluding hydrogens is 136 g/mol. The number of nitrogens with one attached hydrogen (secondary N) is 1.